The van der Waals surface area contributed by atoms with Crippen molar-refractivity contribution in [2.24, 2.45) is 9.54 Å². The predicted molar refractivity (Wildman–Crippen MR) is 53.3 cm³/mol. The number of hydrogen-bond acceptors (Lipinski definition) is 3. The Hall–Kier alpha value is -1.40. The molecular formula is C8H10N2O3S. The summed E-state index contributed by atoms with van der Waals surface area (Å²) >= 11 is 0. The zero-order chi connectivity index (χ0) is 10.6. The van der Waals surface area contributed by atoms with Crippen molar-refractivity contribution in [2.75, 3.05) is 0 Å². The van der Waals surface area contributed by atoms with Crippen molar-refractivity contribution < 1.29 is 13.2 Å². The highest BCUT2D eigenvalue weighted by Crippen LogP contribution is 2.08. The molecule has 0 radical (unpaired) electrons. The Labute approximate surface area is 82.4 Å². The van der Waals surface area contributed by atoms with E-state index in [1.807, 2.05) is 6.07 Å². The summed E-state index contributed by atoms with van der Waals surface area (Å²) in [6.45, 7) is 1.41. The lowest BCUT2D eigenvalue weighted by Crippen LogP contribution is -2.13. The molecule has 1 aromatic carbocycles. The van der Waals surface area contributed by atoms with E-state index in [2.05, 4.69) is 4.40 Å². The monoisotopic (exact) mass is 214 g/mol. The topological polar surface area (TPSA) is 81.8 Å². The molecule has 0 atom stereocenters. The summed E-state index contributed by atoms with van der Waals surface area (Å²) in [7, 11) is -3.88. The van der Waals surface area contributed by atoms with E-state index in [-0.39, 0.29) is 5.90 Å². The number of nitrogens with zero attached hydrogens (tertiary/aromatic N) is 1. The maximum atomic E-state index is 10.5. The van der Waals surface area contributed by atoms with Crippen LogP contribution in [0.4, 0.5) is 0 Å². The summed E-state index contributed by atoms with van der Waals surface area (Å²) in [5.41, 5.74) is 0. The largest absolute Gasteiger partial charge is 0.442 e. The Bertz CT molecular complexity index is 425. The number of benzene rings is 1. The molecule has 0 spiro atoms. The van der Waals surface area contributed by atoms with Crippen molar-refractivity contribution in [2.45, 2.75) is 6.92 Å². The highest BCUT2D eigenvalue weighted by atomic mass is 32.2. The second-order valence-corrected chi connectivity index (χ2v) is 3.75. The van der Waals surface area contributed by atoms with Gasteiger partial charge in [-0.15, -0.1) is 4.40 Å². The first-order chi connectivity index (χ1) is 6.47. The fourth-order valence-corrected chi connectivity index (χ4v) is 1.25. The van der Waals surface area contributed by atoms with Gasteiger partial charge in [-0.3, -0.25) is 0 Å². The fraction of sp³-hybridized carbons (Fsp3) is 0.125. The van der Waals surface area contributed by atoms with Crippen LogP contribution >= 0.6 is 0 Å². The molecule has 1 aromatic rings. The molecule has 1 rings (SSSR count). The first kappa shape index (κ1) is 10.7. The van der Waals surface area contributed by atoms with Crippen LogP contribution in [0.25, 0.3) is 0 Å². The Morgan fingerprint density at radius 3 is 2.43 bits per heavy atom. The molecule has 0 heterocycles. The molecule has 2 N–H and O–H groups in total. The zero-order valence-electron chi connectivity index (χ0n) is 7.54. The third kappa shape index (κ3) is 4.01. The maximum absolute atomic E-state index is 10.5. The molecule has 0 aliphatic heterocycles. The Morgan fingerprint density at radius 2 is 1.93 bits per heavy atom. The summed E-state index contributed by atoms with van der Waals surface area (Å²) in [4.78, 5) is 0. The van der Waals surface area contributed by atoms with Gasteiger partial charge in [-0.2, -0.15) is 8.42 Å². The average Bonchev–Trinajstić information content (AvgIpc) is 2.02. The van der Waals surface area contributed by atoms with E-state index in [9.17, 15) is 8.42 Å². The van der Waals surface area contributed by atoms with Gasteiger partial charge in [-0.05, 0) is 12.1 Å². The van der Waals surface area contributed by atoms with Crippen molar-refractivity contribution in [1.29, 1.82) is 0 Å². The van der Waals surface area contributed by atoms with Crippen molar-refractivity contribution in [3.8, 4) is 5.75 Å². The van der Waals surface area contributed by atoms with Gasteiger partial charge in [-0.25, -0.2) is 5.14 Å². The maximum Gasteiger partial charge on any atom is 0.320 e. The Morgan fingerprint density at radius 1 is 1.36 bits per heavy atom. The van der Waals surface area contributed by atoms with Gasteiger partial charge in [0.25, 0.3) is 0 Å². The Balaban J connectivity index is 2.77. The summed E-state index contributed by atoms with van der Waals surface area (Å²) in [6.07, 6.45) is 0. The van der Waals surface area contributed by atoms with Gasteiger partial charge < -0.3 is 4.74 Å². The van der Waals surface area contributed by atoms with Crippen LogP contribution in [0.5, 0.6) is 5.75 Å². The fourth-order valence-electron chi connectivity index (χ4n) is 0.857. The third-order valence-electron chi connectivity index (χ3n) is 1.26. The normalized spacial score (nSPS) is 12.6. The molecule has 0 bridgehead atoms. The van der Waals surface area contributed by atoms with Gasteiger partial charge in [0.2, 0.25) is 5.90 Å². The lowest BCUT2D eigenvalue weighted by atomic mass is 10.3. The lowest BCUT2D eigenvalue weighted by molar-refractivity contribution is 0.545. The number of nitrogens with two attached hydrogens (primary N) is 1. The molecule has 0 aromatic heterocycles. The number of hydrogen-bond donors (Lipinski definition) is 1. The molecule has 0 unspecified atom stereocenters. The van der Waals surface area contributed by atoms with E-state index in [1.54, 1.807) is 24.3 Å². The van der Waals surface area contributed by atoms with Crippen molar-refractivity contribution in [3.63, 3.8) is 0 Å². The molecule has 14 heavy (non-hydrogen) atoms. The number of rotatable bonds is 2. The summed E-state index contributed by atoms with van der Waals surface area (Å²) < 4.78 is 29.3. The van der Waals surface area contributed by atoms with Crippen molar-refractivity contribution >= 4 is 16.1 Å². The number of ether oxygens (including phenoxy) is 1. The van der Waals surface area contributed by atoms with E-state index in [0.717, 1.165) is 0 Å². The Kier molecular flexibility index (Phi) is 3.21. The molecule has 5 nitrogen and oxygen atoms in total. The highest BCUT2D eigenvalue weighted by Gasteiger charge is 2.01. The molecule has 76 valence electrons. The molecule has 0 saturated carbocycles. The van der Waals surface area contributed by atoms with Gasteiger partial charge in [0.15, 0.2) is 0 Å². The van der Waals surface area contributed by atoms with Crippen LogP contribution in [-0.4, -0.2) is 14.3 Å². The summed E-state index contributed by atoms with van der Waals surface area (Å²) in [6, 6.07) is 8.71. The average molecular weight is 214 g/mol. The smallest absolute Gasteiger partial charge is 0.320 e. The molecule has 0 amide bonds. The van der Waals surface area contributed by atoms with E-state index >= 15 is 0 Å². The molecular weight excluding hydrogens is 204 g/mol. The van der Waals surface area contributed by atoms with Gasteiger partial charge in [0.05, 0.1) is 0 Å². The first-order valence-corrected chi connectivity index (χ1v) is 5.30. The van der Waals surface area contributed by atoms with Crippen molar-refractivity contribution in [1.82, 2.24) is 0 Å². The van der Waals surface area contributed by atoms with Gasteiger partial charge in [-0.1, -0.05) is 18.2 Å². The molecule has 6 heteroatoms. The minimum absolute atomic E-state index is 0.0151. The standard InChI is InChI=1S/C8H10N2O3S/c1-7(10-14(9,11)12)13-8-5-3-2-4-6-8/h2-6H,1H3,(H2,9,11,12)/b10-7+. The van der Waals surface area contributed by atoms with Crippen LogP contribution in [-0.2, 0) is 10.2 Å². The zero-order valence-corrected chi connectivity index (χ0v) is 8.36. The van der Waals surface area contributed by atoms with E-state index in [1.165, 1.54) is 6.92 Å². The van der Waals surface area contributed by atoms with Gasteiger partial charge in [0.1, 0.15) is 5.75 Å². The van der Waals surface area contributed by atoms with E-state index in [0.29, 0.717) is 5.75 Å². The second-order valence-electron chi connectivity index (χ2n) is 2.54. The highest BCUT2D eigenvalue weighted by molar-refractivity contribution is 7.88. The predicted octanol–water partition coefficient (Wildman–Crippen LogP) is 0.687. The quantitative estimate of drug-likeness (QED) is 0.580. The third-order valence-corrected chi connectivity index (χ3v) is 1.78. The van der Waals surface area contributed by atoms with Gasteiger partial charge >= 0.3 is 10.2 Å². The minimum atomic E-state index is -3.88. The van der Waals surface area contributed by atoms with Crippen LogP contribution in [0.15, 0.2) is 34.7 Å². The minimum Gasteiger partial charge on any atom is -0.442 e. The van der Waals surface area contributed by atoms with Crippen molar-refractivity contribution in [3.05, 3.63) is 30.3 Å². The van der Waals surface area contributed by atoms with E-state index in [4.69, 9.17) is 9.88 Å². The van der Waals surface area contributed by atoms with Crippen LogP contribution in [0, 0.1) is 0 Å². The summed E-state index contributed by atoms with van der Waals surface area (Å²) in [5, 5.41) is 4.69. The van der Waals surface area contributed by atoms with Crippen LogP contribution in [0.3, 0.4) is 0 Å². The second kappa shape index (κ2) is 4.21. The molecule has 0 saturated heterocycles. The lowest BCUT2D eigenvalue weighted by Gasteiger charge is -2.02. The van der Waals surface area contributed by atoms with Crippen LogP contribution < -0.4 is 9.88 Å². The van der Waals surface area contributed by atoms with E-state index < -0.39 is 10.2 Å². The first-order valence-electron chi connectivity index (χ1n) is 3.79. The molecule has 0 aliphatic carbocycles. The summed E-state index contributed by atoms with van der Waals surface area (Å²) in [5.74, 6) is 0.496. The molecule has 0 aliphatic rings. The van der Waals surface area contributed by atoms with Gasteiger partial charge in [0, 0.05) is 6.92 Å². The van der Waals surface area contributed by atoms with Crippen LogP contribution in [0.2, 0.25) is 0 Å². The molecule has 0 fully saturated rings. The van der Waals surface area contributed by atoms with Crippen LogP contribution in [0.1, 0.15) is 6.92 Å². The SMILES string of the molecule is C/C(=N\S(N)(=O)=O)Oc1ccccc1. The number of para-hydroxylation sites is 1.